The molecule has 2 rings (SSSR count). The van der Waals surface area contributed by atoms with E-state index in [-0.39, 0.29) is 5.91 Å². The number of ether oxygens (including phenoxy) is 1. The van der Waals surface area contributed by atoms with Gasteiger partial charge in [0.05, 0.1) is 13.4 Å². The van der Waals surface area contributed by atoms with Gasteiger partial charge in [0.15, 0.2) is 11.7 Å². The number of hydrogen-bond acceptors (Lipinski definition) is 4. The maximum atomic E-state index is 11.8. The van der Waals surface area contributed by atoms with Crippen molar-refractivity contribution < 1.29 is 13.9 Å². The van der Waals surface area contributed by atoms with Crippen molar-refractivity contribution in [3.05, 3.63) is 54.0 Å². The number of aliphatic imine (C=N–C) groups is 1. The third-order valence-electron chi connectivity index (χ3n) is 4.23. The Labute approximate surface area is 160 Å². The molecule has 0 aliphatic carbocycles. The number of amides is 1. The summed E-state index contributed by atoms with van der Waals surface area (Å²) >= 11 is 0. The largest absolute Gasteiger partial charge is 0.497 e. The molecule has 1 aromatic carbocycles. The van der Waals surface area contributed by atoms with Crippen LogP contribution in [0.1, 0.15) is 35.4 Å². The summed E-state index contributed by atoms with van der Waals surface area (Å²) in [7, 11) is 3.40. The minimum atomic E-state index is -0.224. The monoisotopic (exact) mass is 372 g/mol. The van der Waals surface area contributed by atoms with Crippen molar-refractivity contribution in [3.8, 4) is 5.75 Å². The molecule has 0 saturated heterocycles. The van der Waals surface area contributed by atoms with E-state index in [1.807, 2.05) is 12.1 Å². The molecule has 0 bridgehead atoms. The molecule has 1 heterocycles. The standard InChI is InChI=1S/C20H28N4O3/c1-15(16-6-8-17(26-3)9-7-16)10-11-23-20(21-2)24-13-12-22-19(25)18-5-4-14-27-18/h4-9,14-15H,10-13H2,1-3H3,(H,22,25)(H2,21,23,24). The van der Waals surface area contributed by atoms with E-state index in [1.54, 1.807) is 26.3 Å². The summed E-state index contributed by atoms with van der Waals surface area (Å²) in [5.74, 6) is 2.09. The van der Waals surface area contributed by atoms with Gasteiger partial charge in [-0.1, -0.05) is 19.1 Å². The molecule has 0 aliphatic rings. The van der Waals surface area contributed by atoms with Gasteiger partial charge in [0.25, 0.3) is 5.91 Å². The molecular formula is C20H28N4O3. The number of rotatable bonds is 9. The van der Waals surface area contributed by atoms with Crippen LogP contribution in [0.5, 0.6) is 5.75 Å². The highest BCUT2D eigenvalue weighted by Gasteiger charge is 2.08. The first-order valence-electron chi connectivity index (χ1n) is 9.04. The van der Waals surface area contributed by atoms with E-state index in [0.717, 1.165) is 18.7 Å². The maximum absolute atomic E-state index is 11.8. The Balaban J connectivity index is 1.63. The first-order chi connectivity index (χ1) is 13.1. The Bertz CT molecular complexity index is 711. The van der Waals surface area contributed by atoms with Crippen LogP contribution in [-0.2, 0) is 0 Å². The van der Waals surface area contributed by atoms with Crippen molar-refractivity contribution >= 4 is 11.9 Å². The third kappa shape index (κ3) is 6.69. The van der Waals surface area contributed by atoms with Crippen LogP contribution in [0.15, 0.2) is 52.1 Å². The highest BCUT2D eigenvalue weighted by atomic mass is 16.5. The minimum Gasteiger partial charge on any atom is -0.497 e. The van der Waals surface area contributed by atoms with Gasteiger partial charge in [-0.25, -0.2) is 0 Å². The lowest BCUT2D eigenvalue weighted by Gasteiger charge is -2.15. The van der Waals surface area contributed by atoms with Gasteiger partial charge in [-0.15, -0.1) is 0 Å². The Morgan fingerprint density at radius 2 is 1.81 bits per heavy atom. The summed E-state index contributed by atoms with van der Waals surface area (Å²) in [6.45, 7) is 4.04. The van der Waals surface area contributed by atoms with Crippen LogP contribution in [0.25, 0.3) is 0 Å². The van der Waals surface area contributed by atoms with Crippen molar-refractivity contribution in [2.24, 2.45) is 4.99 Å². The van der Waals surface area contributed by atoms with Crippen LogP contribution in [0, 0.1) is 0 Å². The number of benzene rings is 1. The topological polar surface area (TPSA) is 87.9 Å². The molecular weight excluding hydrogens is 344 g/mol. The van der Waals surface area contributed by atoms with Gasteiger partial charge < -0.3 is 25.1 Å². The van der Waals surface area contributed by atoms with Gasteiger partial charge in [0.1, 0.15) is 5.75 Å². The summed E-state index contributed by atoms with van der Waals surface area (Å²) in [5.41, 5.74) is 1.28. The van der Waals surface area contributed by atoms with Crippen LogP contribution in [0.2, 0.25) is 0 Å². The van der Waals surface area contributed by atoms with Crippen molar-refractivity contribution in [1.29, 1.82) is 0 Å². The SMILES string of the molecule is CN=C(NCCNC(=O)c1ccco1)NCCC(C)c1ccc(OC)cc1. The molecule has 2 aromatic rings. The molecule has 7 heteroatoms. The molecule has 0 fully saturated rings. The Morgan fingerprint density at radius 3 is 2.44 bits per heavy atom. The average molecular weight is 372 g/mol. The third-order valence-corrected chi connectivity index (χ3v) is 4.23. The molecule has 0 radical (unpaired) electrons. The Kier molecular flexibility index (Phi) is 8.22. The number of carbonyl (C=O) groups is 1. The highest BCUT2D eigenvalue weighted by Crippen LogP contribution is 2.21. The lowest BCUT2D eigenvalue weighted by atomic mass is 9.98. The molecule has 1 amide bonds. The number of nitrogens with one attached hydrogen (secondary N) is 3. The fraction of sp³-hybridized carbons (Fsp3) is 0.400. The minimum absolute atomic E-state index is 0.224. The normalized spacial score (nSPS) is 12.3. The van der Waals surface area contributed by atoms with E-state index in [0.29, 0.717) is 30.7 Å². The van der Waals surface area contributed by atoms with Gasteiger partial charge in [0.2, 0.25) is 0 Å². The van der Waals surface area contributed by atoms with Crippen LogP contribution >= 0.6 is 0 Å². The maximum Gasteiger partial charge on any atom is 0.287 e. The van der Waals surface area contributed by atoms with E-state index in [1.165, 1.54) is 11.8 Å². The fourth-order valence-corrected chi connectivity index (χ4v) is 2.58. The number of guanidine groups is 1. The molecule has 0 spiro atoms. The van der Waals surface area contributed by atoms with Gasteiger partial charge in [-0.05, 0) is 42.2 Å². The summed E-state index contributed by atoms with van der Waals surface area (Å²) in [6, 6.07) is 11.5. The van der Waals surface area contributed by atoms with Crippen molar-refractivity contribution in [3.63, 3.8) is 0 Å². The van der Waals surface area contributed by atoms with E-state index < -0.39 is 0 Å². The van der Waals surface area contributed by atoms with E-state index >= 15 is 0 Å². The first-order valence-corrected chi connectivity index (χ1v) is 9.04. The summed E-state index contributed by atoms with van der Waals surface area (Å²) in [6.07, 6.45) is 2.45. The Hall–Kier alpha value is -2.96. The quantitative estimate of drug-likeness (QED) is 0.357. The molecule has 1 atom stereocenters. The van der Waals surface area contributed by atoms with Gasteiger partial charge >= 0.3 is 0 Å². The number of furan rings is 1. The van der Waals surface area contributed by atoms with E-state index in [4.69, 9.17) is 9.15 Å². The second kappa shape index (κ2) is 10.9. The van der Waals surface area contributed by atoms with Gasteiger partial charge in [0, 0.05) is 26.7 Å². The van der Waals surface area contributed by atoms with E-state index in [9.17, 15) is 4.79 Å². The molecule has 7 nitrogen and oxygen atoms in total. The van der Waals surface area contributed by atoms with Gasteiger partial charge in [-0.3, -0.25) is 9.79 Å². The lowest BCUT2D eigenvalue weighted by Crippen LogP contribution is -2.42. The zero-order valence-electron chi connectivity index (χ0n) is 16.1. The molecule has 0 aliphatic heterocycles. The van der Waals surface area contributed by atoms with Crippen molar-refractivity contribution in [2.75, 3.05) is 33.8 Å². The second-order valence-electron chi connectivity index (χ2n) is 6.12. The second-order valence-corrected chi connectivity index (χ2v) is 6.12. The number of nitrogens with zero attached hydrogens (tertiary/aromatic N) is 1. The zero-order chi connectivity index (χ0) is 19.5. The fourth-order valence-electron chi connectivity index (χ4n) is 2.58. The average Bonchev–Trinajstić information content (AvgIpc) is 3.24. The van der Waals surface area contributed by atoms with E-state index in [2.05, 4.69) is 40.0 Å². The number of carbonyl (C=O) groups excluding carboxylic acids is 1. The van der Waals surface area contributed by atoms with Crippen molar-refractivity contribution in [2.45, 2.75) is 19.3 Å². The van der Waals surface area contributed by atoms with Crippen LogP contribution in [-0.4, -0.2) is 45.7 Å². The predicted molar refractivity (Wildman–Crippen MR) is 106 cm³/mol. The van der Waals surface area contributed by atoms with Gasteiger partial charge in [-0.2, -0.15) is 0 Å². The van der Waals surface area contributed by atoms with Crippen LogP contribution in [0.3, 0.4) is 0 Å². The smallest absolute Gasteiger partial charge is 0.287 e. The number of methoxy groups -OCH3 is 1. The lowest BCUT2D eigenvalue weighted by molar-refractivity contribution is 0.0926. The molecule has 1 unspecified atom stereocenters. The molecule has 146 valence electrons. The van der Waals surface area contributed by atoms with Crippen LogP contribution < -0.4 is 20.7 Å². The highest BCUT2D eigenvalue weighted by molar-refractivity contribution is 5.91. The molecule has 1 aromatic heterocycles. The zero-order valence-corrected chi connectivity index (χ0v) is 16.1. The van der Waals surface area contributed by atoms with Crippen molar-refractivity contribution in [1.82, 2.24) is 16.0 Å². The summed E-state index contributed by atoms with van der Waals surface area (Å²) < 4.78 is 10.2. The first kappa shape index (κ1) is 20.4. The Morgan fingerprint density at radius 1 is 1.11 bits per heavy atom. The summed E-state index contributed by atoms with van der Waals surface area (Å²) in [4.78, 5) is 15.9. The molecule has 27 heavy (non-hydrogen) atoms. The van der Waals surface area contributed by atoms with Crippen LogP contribution in [0.4, 0.5) is 0 Å². The molecule has 3 N–H and O–H groups in total. The summed E-state index contributed by atoms with van der Waals surface area (Å²) in [5, 5.41) is 9.25. The number of hydrogen-bond donors (Lipinski definition) is 3. The predicted octanol–water partition coefficient (Wildman–Crippen LogP) is 2.38. The molecule has 0 saturated carbocycles.